The molecule has 5 aliphatic carbocycles. The summed E-state index contributed by atoms with van der Waals surface area (Å²) in [5.74, 6) is 0.663. The Kier molecular flexibility index (Phi) is 2.20. The van der Waals surface area contributed by atoms with Crippen LogP contribution in [0, 0.1) is 11.3 Å². The summed E-state index contributed by atoms with van der Waals surface area (Å²) < 4.78 is 10.9. The van der Waals surface area contributed by atoms with Gasteiger partial charge in [-0.1, -0.05) is 6.92 Å². The highest BCUT2D eigenvalue weighted by Gasteiger charge is 2.65. The molecule has 2 unspecified atom stereocenters. The standard InChI is InChI=1S/C14H18O4/c1-8(15)17-11-6-13(3)4-10-5-14(7-13,12(10)11)18-9(2)16/h10H,4-7H2,1-3H3/t10?,13-,14?/m1/s1. The molecule has 4 nitrogen and oxygen atoms in total. The first kappa shape index (κ1) is 11.8. The van der Waals surface area contributed by atoms with Crippen LogP contribution < -0.4 is 0 Å². The second-order valence-electron chi connectivity index (χ2n) is 6.29. The number of hydrogen-bond donors (Lipinski definition) is 0. The van der Waals surface area contributed by atoms with Gasteiger partial charge in [0, 0.05) is 25.8 Å². The van der Waals surface area contributed by atoms with Gasteiger partial charge in [0.1, 0.15) is 11.4 Å². The minimum absolute atomic E-state index is 0.102. The molecule has 0 spiro atoms. The van der Waals surface area contributed by atoms with Crippen molar-refractivity contribution in [2.45, 2.75) is 52.1 Å². The van der Waals surface area contributed by atoms with Crippen molar-refractivity contribution in [1.82, 2.24) is 0 Å². The molecule has 0 aromatic rings. The minimum Gasteiger partial charge on any atom is -0.455 e. The van der Waals surface area contributed by atoms with E-state index in [2.05, 4.69) is 6.92 Å². The van der Waals surface area contributed by atoms with Crippen LogP contribution in [0.3, 0.4) is 0 Å². The topological polar surface area (TPSA) is 52.6 Å². The molecule has 4 bridgehead atoms. The van der Waals surface area contributed by atoms with E-state index in [1.807, 2.05) is 0 Å². The number of hydrogen-bond acceptors (Lipinski definition) is 4. The molecule has 3 atom stereocenters. The summed E-state index contributed by atoms with van der Waals surface area (Å²) in [6, 6.07) is 0. The molecule has 0 heterocycles. The Morgan fingerprint density at radius 2 is 1.94 bits per heavy atom. The molecule has 0 radical (unpaired) electrons. The highest BCUT2D eigenvalue weighted by Crippen LogP contribution is 2.68. The van der Waals surface area contributed by atoms with Crippen LogP contribution in [0.5, 0.6) is 0 Å². The fraction of sp³-hybridized carbons (Fsp3) is 0.714. The fourth-order valence-corrected chi connectivity index (χ4v) is 4.32. The van der Waals surface area contributed by atoms with E-state index >= 15 is 0 Å². The summed E-state index contributed by atoms with van der Waals surface area (Å²) in [7, 11) is 0. The summed E-state index contributed by atoms with van der Waals surface area (Å²) in [5.41, 5.74) is 0.717. The van der Waals surface area contributed by atoms with Crippen molar-refractivity contribution in [3.05, 3.63) is 11.3 Å². The van der Waals surface area contributed by atoms with Gasteiger partial charge in [0.15, 0.2) is 0 Å². The number of carbonyl (C=O) groups excluding carboxylic acids is 2. The predicted molar refractivity (Wildman–Crippen MR) is 63.4 cm³/mol. The SMILES string of the molecule is CC(=O)OC1=C2C3CC2(OC(C)=O)C[C@@](C)(C1)C3. The monoisotopic (exact) mass is 250 g/mol. The zero-order valence-corrected chi connectivity index (χ0v) is 11.0. The number of carbonyl (C=O) groups is 2. The van der Waals surface area contributed by atoms with E-state index in [4.69, 9.17) is 9.47 Å². The predicted octanol–water partition coefficient (Wildman–Crippen LogP) is 2.33. The molecule has 0 aromatic carbocycles. The molecule has 0 saturated heterocycles. The van der Waals surface area contributed by atoms with Crippen LogP contribution >= 0.6 is 0 Å². The number of rotatable bonds is 2. The minimum atomic E-state index is -0.466. The molecule has 3 fully saturated rings. The smallest absolute Gasteiger partial charge is 0.307 e. The molecule has 5 rings (SSSR count). The van der Waals surface area contributed by atoms with Crippen molar-refractivity contribution in [2.24, 2.45) is 11.3 Å². The van der Waals surface area contributed by atoms with Gasteiger partial charge in [0.25, 0.3) is 0 Å². The Bertz CT molecular complexity index is 478. The quantitative estimate of drug-likeness (QED) is 0.706. The Morgan fingerprint density at radius 3 is 2.50 bits per heavy atom. The van der Waals surface area contributed by atoms with Crippen molar-refractivity contribution in [2.75, 3.05) is 0 Å². The maximum Gasteiger partial charge on any atom is 0.307 e. The number of fused-ring (bicyclic) bond motifs is 1. The highest BCUT2D eigenvalue weighted by atomic mass is 16.6. The normalized spacial score (nSPS) is 40.3. The maximum atomic E-state index is 11.3. The van der Waals surface area contributed by atoms with Crippen molar-refractivity contribution in [3.8, 4) is 0 Å². The van der Waals surface area contributed by atoms with Crippen molar-refractivity contribution >= 4 is 11.9 Å². The third-order valence-corrected chi connectivity index (χ3v) is 4.42. The summed E-state index contributed by atoms with van der Waals surface area (Å²) in [5, 5.41) is 0. The lowest BCUT2D eigenvalue weighted by Crippen LogP contribution is -2.62. The highest BCUT2D eigenvalue weighted by molar-refractivity contribution is 5.69. The Labute approximate surface area is 106 Å². The maximum absolute atomic E-state index is 11.3. The number of ether oxygens (including phenoxy) is 2. The molecule has 4 heteroatoms. The second-order valence-corrected chi connectivity index (χ2v) is 6.29. The van der Waals surface area contributed by atoms with Gasteiger partial charge in [-0.2, -0.15) is 0 Å². The third kappa shape index (κ3) is 1.51. The Hall–Kier alpha value is -1.32. The largest absolute Gasteiger partial charge is 0.455 e. The first-order valence-corrected chi connectivity index (χ1v) is 6.45. The van der Waals surface area contributed by atoms with E-state index in [0.717, 1.165) is 37.0 Å². The summed E-state index contributed by atoms with van der Waals surface area (Å²) in [4.78, 5) is 22.5. The van der Waals surface area contributed by atoms with E-state index in [0.29, 0.717) is 5.92 Å². The van der Waals surface area contributed by atoms with Crippen LogP contribution in [-0.4, -0.2) is 17.5 Å². The van der Waals surface area contributed by atoms with Gasteiger partial charge in [-0.15, -0.1) is 0 Å². The molecule has 0 amide bonds. The van der Waals surface area contributed by atoms with Crippen LogP contribution in [0.4, 0.5) is 0 Å². The van der Waals surface area contributed by atoms with E-state index in [-0.39, 0.29) is 17.4 Å². The molecule has 3 saturated carbocycles. The van der Waals surface area contributed by atoms with Gasteiger partial charge in [0.2, 0.25) is 0 Å². The van der Waals surface area contributed by atoms with Gasteiger partial charge in [-0.3, -0.25) is 9.59 Å². The van der Waals surface area contributed by atoms with Crippen molar-refractivity contribution in [3.63, 3.8) is 0 Å². The van der Waals surface area contributed by atoms with Crippen molar-refractivity contribution in [1.29, 1.82) is 0 Å². The van der Waals surface area contributed by atoms with Gasteiger partial charge in [-0.25, -0.2) is 0 Å². The Morgan fingerprint density at radius 1 is 1.22 bits per heavy atom. The fourth-order valence-electron chi connectivity index (χ4n) is 4.32. The van der Waals surface area contributed by atoms with E-state index in [1.165, 1.54) is 13.8 Å². The lowest BCUT2D eigenvalue weighted by Gasteiger charge is -2.63. The van der Waals surface area contributed by atoms with Crippen LogP contribution in [-0.2, 0) is 19.1 Å². The van der Waals surface area contributed by atoms with Crippen LogP contribution in [0.25, 0.3) is 0 Å². The van der Waals surface area contributed by atoms with Gasteiger partial charge in [0.05, 0.1) is 0 Å². The molecule has 5 aliphatic rings. The van der Waals surface area contributed by atoms with Gasteiger partial charge >= 0.3 is 11.9 Å². The summed E-state index contributed by atoms with van der Waals surface area (Å²) in [6.45, 7) is 5.05. The lowest BCUT2D eigenvalue weighted by atomic mass is 9.45. The van der Waals surface area contributed by atoms with Gasteiger partial charge < -0.3 is 9.47 Å². The van der Waals surface area contributed by atoms with Crippen LogP contribution in [0.15, 0.2) is 11.3 Å². The third-order valence-electron chi connectivity index (χ3n) is 4.42. The number of esters is 2. The van der Waals surface area contributed by atoms with Crippen molar-refractivity contribution < 1.29 is 19.1 Å². The average molecular weight is 250 g/mol. The average Bonchev–Trinajstić information content (AvgIpc) is 2.10. The van der Waals surface area contributed by atoms with E-state index in [1.54, 1.807) is 0 Å². The molecular formula is C14H18O4. The summed E-state index contributed by atoms with van der Waals surface area (Å²) >= 11 is 0. The molecular weight excluding hydrogens is 232 g/mol. The first-order valence-electron chi connectivity index (χ1n) is 6.45. The molecule has 0 aliphatic heterocycles. The van der Waals surface area contributed by atoms with E-state index < -0.39 is 5.60 Å². The second kappa shape index (κ2) is 3.37. The zero-order chi connectivity index (χ0) is 13.1. The summed E-state index contributed by atoms with van der Waals surface area (Å²) in [6.07, 6.45) is 3.68. The molecule has 0 aromatic heterocycles. The zero-order valence-electron chi connectivity index (χ0n) is 11.0. The Balaban J connectivity index is 1.99. The number of allylic oxidation sites excluding steroid dienone is 1. The molecule has 98 valence electrons. The lowest BCUT2D eigenvalue weighted by molar-refractivity contribution is -0.183. The first-order chi connectivity index (χ1) is 8.34. The van der Waals surface area contributed by atoms with Gasteiger partial charge in [-0.05, 0) is 30.6 Å². The molecule has 0 N–H and O–H groups in total. The van der Waals surface area contributed by atoms with Crippen LogP contribution in [0.2, 0.25) is 0 Å². The van der Waals surface area contributed by atoms with E-state index in [9.17, 15) is 9.59 Å². The molecule has 18 heavy (non-hydrogen) atoms. The van der Waals surface area contributed by atoms with Crippen LogP contribution in [0.1, 0.15) is 46.5 Å².